The van der Waals surface area contributed by atoms with Gasteiger partial charge in [0.25, 0.3) is 0 Å². The summed E-state index contributed by atoms with van der Waals surface area (Å²) in [5, 5.41) is 4.45. The molecular weight excluding hydrogens is 276 g/mol. The molecular formula is C17H28N4O. The lowest BCUT2D eigenvalue weighted by Gasteiger charge is -2.23. The van der Waals surface area contributed by atoms with E-state index in [1.54, 1.807) is 0 Å². The van der Waals surface area contributed by atoms with Gasteiger partial charge >= 0.3 is 0 Å². The van der Waals surface area contributed by atoms with Crippen LogP contribution in [0.15, 0.2) is 22.7 Å². The highest BCUT2D eigenvalue weighted by molar-refractivity contribution is 5.16. The Morgan fingerprint density at radius 3 is 2.45 bits per heavy atom. The second-order valence-electron chi connectivity index (χ2n) is 6.10. The minimum Gasteiger partial charge on any atom is -0.465 e. The molecule has 0 saturated carbocycles. The zero-order chi connectivity index (χ0) is 16.1. The van der Waals surface area contributed by atoms with Crippen molar-refractivity contribution >= 4 is 0 Å². The van der Waals surface area contributed by atoms with Gasteiger partial charge in [-0.2, -0.15) is 5.10 Å². The van der Waals surface area contributed by atoms with Crippen molar-refractivity contribution < 1.29 is 4.42 Å². The van der Waals surface area contributed by atoms with Crippen LogP contribution in [0, 0.1) is 13.8 Å². The molecule has 122 valence electrons. The number of hydrogen-bond acceptors (Lipinski definition) is 4. The molecule has 5 heteroatoms. The summed E-state index contributed by atoms with van der Waals surface area (Å²) in [4.78, 5) is 4.63. The second-order valence-corrected chi connectivity index (χ2v) is 6.10. The van der Waals surface area contributed by atoms with Crippen LogP contribution in [0.3, 0.4) is 0 Å². The lowest BCUT2D eigenvalue weighted by molar-refractivity contribution is 0.209. The van der Waals surface area contributed by atoms with Gasteiger partial charge in [-0.15, -0.1) is 0 Å². The third-order valence-electron chi connectivity index (χ3n) is 3.94. The molecule has 5 nitrogen and oxygen atoms in total. The summed E-state index contributed by atoms with van der Waals surface area (Å²) in [6.45, 7) is 10.9. The van der Waals surface area contributed by atoms with E-state index in [2.05, 4.69) is 53.6 Å². The molecule has 2 rings (SSSR count). The van der Waals surface area contributed by atoms with Crippen LogP contribution >= 0.6 is 0 Å². The Balaban J connectivity index is 2.07. The Kier molecular flexibility index (Phi) is 5.80. The Labute approximate surface area is 133 Å². The van der Waals surface area contributed by atoms with Crippen LogP contribution in [-0.2, 0) is 19.6 Å². The van der Waals surface area contributed by atoms with Crippen molar-refractivity contribution in [3.63, 3.8) is 0 Å². The van der Waals surface area contributed by atoms with Crippen molar-refractivity contribution in [1.29, 1.82) is 0 Å². The third-order valence-corrected chi connectivity index (χ3v) is 3.94. The van der Waals surface area contributed by atoms with Crippen molar-refractivity contribution in [2.24, 2.45) is 0 Å². The predicted octanol–water partition coefficient (Wildman–Crippen LogP) is 2.68. The molecule has 2 heterocycles. The molecule has 0 N–H and O–H groups in total. The summed E-state index contributed by atoms with van der Waals surface area (Å²) in [5.41, 5.74) is 2.55. The lowest BCUT2D eigenvalue weighted by atomic mass is 10.2. The Bertz CT molecular complexity index is 585. The summed E-state index contributed by atoms with van der Waals surface area (Å²) in [6.07, 6.45) is 1.99. The number of rotatable bonds is 8. The molecule has 0 aliphatic carbocycles. The number of aromatic nitrogens is 2. The summed E-state index contributed by atoms with van der Waals surface area (Å²) < 4.78 is 7.79. The molecule has 0 bridgehead atoms. The van der Waals surface area contributed by atoms with E-state index in [0.717, 1.165) is 44.2 Å². The molecule has 0 unspecified atom stereocenters. The monoisotopic (exact) mass is 304 g/mol. The van der Waals surface area contributed by atoms with Gasteiger partial charge in [-0.3, -0.25) is 9.58 Å². The first-order valence-electron chi connectivity index (χ1n) is 7.93. The normalized spacial score (nSPS) is 11.8. The summed E-state index contributed by atoms with van der Waals surface area (Å²) in [6, 6.07) is 4.10. The van der Waals surface area contributed by atoms with Gasteiger partial charge in [0.2, 0.25) is 0 Å². The van der Waals surface area contributed by atoms with Gasteiger partial charge in [0.05, 0.1) is 12.7 Å². The smallest absolute Gasteiger partial charge is 0.118 e. The van der Waals surface area contributed by atoms with Gasteiger partial charge in [-0.1, -0.05) is 0 Å². The molecule has 22 heavy (non-hydrogen) atoms. The van der Waals surface area contributed by atoms with Gasteiger partial charge in [0.1, 0.15) is 11.5 Å². The topological polar surface area (TPSA) is 37.4 Å². The van der Waals surface area contributed by atoms with E-state index in [-0.39, 0.29) is 0 Å². The molecule has 0 spiro atoms. The van der Waals surface area contributed by atoms with Crippen molar-refractivity contribution in [2.45, 2.75) is 40.4 Å². The van der Waals surface area contributed by atoms with E-state index in [0.29, 0.717) is 0 Å². The van der Waals surface area contributed by atoms with Crippen molar-refractivity contribution in [2.75, 3.05) is 27.2 Å². The van der Waals surface area contributed by atoms with Gasteiger partial charge in [0.15, 0.2) is 0 Å². The minimum atomic E-state index is 0.832. The number of furan rings is 1. The van der Waals surface area contributed by atoms with Gasteiger partial charge < -0.3 is 9.32 Å². The molecule has 2 aromatic heterocycles. The molecule has 2 aromatic rings. The molecule has 0 aromatic carbocycles. The van der Waals surface area contributed by atoms with Crippen LogP contribution in [0.5, 0.6) is 0 Å². The zero-order valence-corrected chi connectivity index (χ0v) is 14.5. The van der Waals surface area contributed by atoms with E-state index >= 15 is 0 Å². The van der Waals surface area contributed by atoms with Crippen molar-refractivity contribution in [3.05, 3.63) is 41.1 Å². The number of hydrogen-bond donors (Lipinski definition) is 0. The highest BCUT2D eigenvalue weighted by atomic mass is 16.3. The number of aryl methyl sites for hydroxylation is 2. The van der Waals surface area contributed by atoms with Gasteiger partial charge in [-0.05, 0) is 47.0 Å². The number of likely N-dealkylation sites (N-methyl/N-ethyl adjacent to an activating group) is 1. The van der Waals surface area contributed by atoms with Crippen LogP contribution in [0.4, 0.5) is 0 Å². The molecule has 0 aliphatic heterocycles. The highest BCUT2D eigenvalue weighted by Gasteiger charge is 2.13. The summed E-state index contributed by atoms with van der Waals surface area (Å²) >= 11 is 0. The summed E-state index contributed by atoms with van der Waals surface area (Å²) in [5.74, 6) is 1.99. The quantitative estimate of drug-likeness (QED) is 0.751. The van der Waals surface area contributed by atoms with Crippen LogP contribution in [-0.4, -0.2) is 46.8 Å². The van der Waals surface area contributed by atoms with Crippen LogP contribution in [0.1, 0.15) is 29.7 Å². The van der Waals surface area contributed by atoms with Crippen LogP contribution in [0.2, 0.25) is 0 Å². The highest BCUT2D eigenvalue weighted by Crippen LogP contribution is 2.15. The second kappa shape index (κ2) is 7.61. The molecule has 0 radical (unpaired) electrons. The summed E-state index contributed by atoms with van der Waals surface area (Å²) in [7, 11) is 4.21. The largest absolute Gasteiger partial charge is 0.465 e. The van der Waals surface area contributed by atoms with Crippen LogP contribution < -0.4 is 0 Å². The average molecular weight is 304 g/mol. The Morgan fingerprint density at radius 1 is 1.14 bits per heavy atom. The van der Waals surface area contributed by atoms with Gasteiger partial charge in [-0.25, -0.2) is 0 Å². The fraction of sp³-hybridized carbons (Fsp3) is 0.588. The Hall–Kier alpha value is -1.59. The molecule has 0 aliphatic rings. The maximum absolute atomic E-state index is 5.74. The molecule has 0 amide bonds. The van der Waals surface area contributed by atoms with E-state index in [4.69, 9.17) is 4.42 Å². The molecule has 0 saturated heterocycles. The Morgan fingerprint density at radius 2 is 1.91 bits per heavy atom. The van der Waals surface area contributed by atoms with E-state index in [1.807, 2.05) is 19.2 Å². The molecule has 0 atom stereocenters. The van der Waals surface area contributed by atoms with Gasteiger partial charge in [0, 0.05) is 37.4 Å². The predicted molar refractivity (Wildman–Crippen MR) is 88.8 cm³/mol. The fourth-order valence-electron chi connectivity index (χ4n) is 2.55. The van der Waals surface area contributed by atoms with E-state index in [9.17, 15) is 0 Å². The van der Waals surface area contributed by atoms with Crippen LogP contribution in [0.25, 0.3) is 0 Å². The van der Waals surface area contributed by atoms with Crippen molar-refractivity contribution in [3.8, 4) is 0 Å². The average Bonchev–Trinajstić information content (AvgIpc) is 3.03. The van der Waals surface area contributed by atoms with Crippen molar-refractivity contribution in [1.82, 2.24) is 19.6 Å². The maximum atomic E-state index is 5.74. The zero-order valence-electron chi connectivity index (χ0n) is 14.5. The first-order valence-corrected chi connectivity index (χ1v) is 7.93. The first-order chi connectivity index (χ1) is 10.5. The standard InChI is InChI=1S/C17H28N4O/c1-6-21-15(3)16(11-18-21)12-20(10-9-19(4)5)13-17-8-7-14(2)22-17/h7-8,11H,6,9-10,12-13H2,1-5H3. The number of nitrogens with zero attached hydrogens (tertiary/aromatic N) is 4. The molecule has 0 fully saturated rings. The fourth-order valence-corrected chi connectivity index (χ4v) is 2.55. The maximum Gasteiger partial charge on any atom is 0.118 e. The third kappa shape index (κ3) is 4.45. The van der Waals surface area contributed by atoms with E-state index in [1.165, 1.54) is 11.3 Å². The lowest BCUT2D eigenvalue weighted by Crippen LogP contribution is -2.31. The SMILES string of the molecule is CCn1ncc(CN(CCN(C)C)Cc2ccc(C)o2)c1C. The van der Waals surface area contributed by atoms with E-state index < -0.39 is 0 Å². The first kappa shape index (κ1) is 16.8. The minimum absolute atomic E-state index is 0.832.